The maximum atomic E-state index is 3.78. The second kappa shape index (κ2) is 7.97. The molecule has 0 radical (unpaired) electrons. The van der Waals surface area contributed by atoms with Gasteiger partial charge in [-0.25, -0.2) is 0 Å². The minimum absolute atomic E-state index is 0.535. The standard InChI is InChI=1S/C19H38N2/c1-5-18-11-10-17(4)21(18)15-19(14-20-16(2)3)12-8-6-7-9-13-19/h16-18,20H,5-15H2,1-4H3. The van der Waals surface area contributed by atoms with Gasteiger partial charge in [-0.2, -0.15) is 0 Å². The smallest absolute Gasteiger partial charge is 0.00962 e. The summed E-state index contributed by atoms with van der Waals surface area (Å²) < 4.78 is 0. The molecule has 0 aromatic carbocycles. The molecule has 1 heterocycles. The van der Waals surface area contributed by atoms with Gasteiger partial charge in [0.15, 0.2) is 0 Å². The lowest BCUT2D eigenvalue weighted by atomic mass is 9.79. The maximum Gasteiger partial charge on any atom is 0.00962 e. The van der Waals surface area contributed by atoms with Crippen LogP contribution in [0.3, 0.4) is 0 Å². The molecule has 1 saturated heterocycles. The Morgan fingerprint density at radius 1 is 1.10 bits per heavy atom. The van der Waals surface area contributed by atoms with Crippen molar-refractivity contribution in [3.63, 3.8) is 0 Å². The van der Waals surface area contributed by atoms with E-state index in [4.69, 9.17) is 0 Å². The van der Waals surface area contributed by atoms with Gasteiger partial charge in [0.05, 0.1) is 0 Å². The maximum absolute atomic E-state index is 3.78. The first-order chi connectivity index (χ1) is 10.1. The first-order valence-electron chi connectivity index (χ1n) is 9.55. The zero-order valence-electron chi connectivity index (χ0n) is 15.0. The SMILES string of the molecule is CCC1CCC(C)N1CC1(CNC(C)C)CCCCCC1. The van der Waals surface area contributed by atoms with Crippen LogP contribution < -0.4 is 5.32 Å². The van der Waals surface area contributed by atoms with Crippen molar-refractivity contribution in [2.75, 3.05) is 13.1 Å². The molecule has 2 unspecified atom stereocenters. The molecule has 0 aromatic heterocycles. The fourth-order valence-electron chi connectivity index (χ4n) is 4.53. The fraction of sp³-hybridized carbons (Fsp3) is 1.00. The van der Waals surface area contributed by atoms with E-state index in [-0.39, 0.29) is 0 Å². The summed E-state index contributed by atoms with van der Waals surface area (Å²) in [6.07, 6.45) is 12.8. The zero-order valence-corrected chi connectivity index (χ0v) is 15.0. The van der Waals surface area contributed by atoms with Gasteiger partial charge >= 0.3 is 0 Å². The van der Waals surface area contributed by atoms with E-state index in [1.807, 2.05) is 0 Å². The van der Waals surface area contributed by atoms with Crippen LogP contribution in [0.2, 0.25) is 0 Å². The quantitative estimate of drug-likeness (QED) is 0.721. The first kappa shape index (κ1) is 17.3. The zero-order chi connectivity index (χ0) is 15.3. The monoisotopic (exact) mass is 294 g/mol. The highest BCUT2D eigenvalue weighted by Gasteiger charge is 2.38. The van der Waals surface area contributed by atoms with E-state index in [0.29, 0.717) is 11.5 Å². The van der Waals surface area contributed by atoms with Crippen LogP contribution >= 0.6 is 0 Å². The van der Waals surface area contributed by atoms with Gasteiger partial charge in [-0.3, -0.25) is 4.90 Å². The molecule has 2 heteroatoms. The summed E-state index contributed by atoms with van der Waals surface area (Å²) >= 11 is 0. The fourth-order valence-corrected chi connectivity index (χ4v) is 4.53. The van der Waals surface area contributed by atoms with Crippen molar-refractivity contribution in [3.05, 3.63) is 0 Å². The van der Waals surface area contributed by atoms with Crippen molar-refractivity contribution in [3.8, 4) is 0 Å². The van der Waals surface area contributed by atoms with Crippen molar-refractivity contribution in [2.45, 2.75) is 104 Å². The summed E-state index contributed by atoms with van der Waals surface area (Å²) in [5, 5.41) is 3.78. The highest BCUT2D eigenvalue weighted by Crippen LogP contribution is 2.39. The Kier molecular flexibility index (Phi) is 6.55. The van der Waals surface area contributed by atoms with Crippen molar-refractivity contribution >= 4 is 0 Å². The van der Waals surface area contributed by atoms with Crippen molar-refractivity contribution in [1.29, 1.82) is 0 Å². The molecule has 0 amide bonds. The van der Waals surface area contributed by atoms with E-state index in [1.54, 1.807) is 0 Å². The van der Waals surface area contributed by atoms with Gasteiger partial charge in [-0.1, -0.05) is 46.5 Å². The van der Waals surface area contributed by atoms with Crippen molar-refractivity contribution < 1.29 is 0 Å². The molecule has 2 aliphatic rings. The normalized spacial score (nSPS) is 30.7. The molecule has 1 N–H and O–H groups in total. The number of hydrogen-bond donors (Lipinski definition) is 1. The van der Waals surface area contributed by atoms with Gasteiger partial charge < -0.3 is 5.32 Å². The Balaban J connectivity index is 2.06. The molecule has 0 aromatic rings. The molecule has 0 bridgehead atoms. The van der Waals surface area contributed by atoms with Crippen LogP contribution in [0.15, 0.2) is 0 Å². The van der Waals surface area contributed by atoms with Gasteiger partial charge in [-0.05, 0) is 44.4 Å². The van der Waals surface area contributed by atoms with Crippen LogP contribution in [-0.2, 0) is 0 Å². The summed E-state index contributed by atoms with van der Waals surface area (Å²) in [6, 6.07) is 2.26. The third-order valence-electron chi connectivity index (χ3n) is 5.99. The summed E-state index contributed by atoms with van der Waals surface area (Å²) in [5.74, 6) is 0. The van der Waals surface area contributed by atoms with E-state index < -0.39 is 0 Å². The first-order valence-corrected chi connectivity index (χ1v) is 9.55. The summed E-state index contributed by atoms with van der Waals surface area (Å²) in [6.45, 7) is 12.0. The molecule has 1 aliphatic carbocycles. The van der Waals surface area contributed by atoms with Gasteiger partial charge in [0.1, 0.15) is 0 Å². The lowest BCUT2D eigenvalue weighted by Crippen LogP contribution is -2.48. The lowest BCUT2D eigenvalue weighted by Gasteiger charge is -2.41. The minimum atomic E-state index is 0.535. The molecule has 1 saturated carbocycles. The second-order valence-corrected chi connectivity index (χ2v) is 8.11. The lowest BCUT2D eigenvalue weighted by molar-refractivity contribution is 0.0897. The molecular weight excluding hydrogens is 256 g/mol. The van der Waals surface area contributed by atoms with Crippen LogP contribution in [0.25, 0.3) is 0 Å². The molecule has 2 nitrogen and oxygen atoms in total. The number of rotatable bonds is 6. The number of likely N-dealkylation sites (tertiary alicyclic amines) is 1. The Bertz CT molecular complexity index is 292. The molecule has 2 rings (SSSR count). The van der Waals surface area contributed by atoms with Gasteiger partial charge in [0.2, 0.25) is 0 Å². The van der Waals surface area contributed by atoms with Crippen LogP contribution in [0.4, 0.5) is 0 Å². The van der Waals surface area contributed by atoms with Crippen LogP contribution in [0.5, 0.6) is 0 Å². The molecule has 2 fully saturated rings. The van der Waals surface area contributed by atoms with Crippen molar-refractivity contribution in [2.24, 2.45) is 5.41 Å². The molecule has 2 atom stereocenters. The number of nitrogens with zero attached hydrogens (tertiary/aromatic N) is 1. The summed E-state index contributed by atoms with van der Waals surface area (Å²) in [7, 11) is 0. The molecule has 1 aliphatic heterocycles. The van der Waals surface area contributed by atoms with Crippen LogP contribution in [-0.4, -0.2) is 36.1 Å². The highest BCUT2D eigenvalue weighted by molar-refractivity contribution is 4.93. The highest BCUT2D eigenvalue weighted by atomic mass is 15.2. The number of hydrogen-bond acceptors (Lipinski definition) is 2. The van der Waals surface area contributed by atoms with Gasteiger partial charge in [0.25, 0.3) is 0 Å². The molecule has 124 valence electrons. The van der Waals surface area contributed by atoms with E-state index in [9.17, 15) is 0 Å². The van der Waals surface area contributed by atoms with Gasteiger partial charge in [-0.15, -0.1) is 0 Å². The number of nitrogens with one attached hydrogen (secondary N) is 1. The predicted octanol–water partition coefficient (Wildman–Crippen LogP) is 4.59. The average Bonchev–Trinajstić information content (AvgIpc) is 2.67. The van der Waals surface area contributed by atoms with E-state index in [2.05, 4.69) is 37.9 Å². The largest absolute Gasteiger partial charge is 0.314 e. The Hall–Kier alpha value is -0.0800. The Morgan fingerprint density at radius 3 is 2.33 bits per heavy atom. The minimum Gasteiger partial charge on any atom is -0.314 e. The molecule has 0 spiro atoms. The summed E-state index contributed by atoms with van der Waals surface area (Å²) in [5.41, 5.74) is 0.535. The topological polar surface area (TPSA) is 15.3 Å². The summed E-state index contributed by atoms with van der Waals surface area (Å²) in [4.78, 5) is 2.87. The van der Waals surface area contributed by atoms with Gasteiger partial charge in [0, 0.05) is 31.2 Å². The Labute approximate surface area is 133 Å². The second-order valence-electron chi connectivity index (χ2n) is 8.11. The van der Waals surface area contributed by atoms with E-state index in [0.717, 1.165) is 12.1 Å². The van der Waals surface area contributed by atoms with Crippen LogP contribution in [0.1, 0.15) is 85.5 Å². The third-order valence-corrected chi connectivity index (χ3v) is 5.99. The average molecular weight is 295 g/mol. The van der Waals surface area contributed by atoms with E-state index in [1.165, 1.54) is 70.9 Å². The third kappa shape index (κ3) is 4.69. The van der Waals surface area contributed by atoms with Crippen LogP contribution in [0, 0.1) is 5.41 Å². The Morgan fingerprint density at radius 2 is 1.76 bits per heavy atom. The van der Waals surface area contributed by atoms with E-state index >= 15 is 0 Å². The molecule has 21 heavy (non-hydrogen) atoms. The van der Waals surface area contributed by atoms with Crippen molar-refractivity contribution in [1.82, 2.24) is 10.2 Å². The predicted molar refractivity (Wildman–Crippen MR) is 92.8 cm³/mol. The molecular formula is C19H38N2.